The lowest BCUT2D eigenvalue weighted by Crippen LogP contribution is -2.29. The van der Waals surface area contributed by atoms with Gasteiger partial charge < -0.3 is 15.6 Å². The molecule has 1 aliphatic rings. The van der Waals surface area contributed by atoms with Crippen LogP contribution in [0, 0.1) is 23.7 Å². The molecule has 0 aliphatic heterocycles. The van der Waals surface area contributed by atoms with Crippen molar-refractivity contribution in [3.8, 4) is 0 Å². The van der Waals surface area contributed by atoms with Crippen LogP contribution < -0.4 is 5.73 Å². The Kier molecular flexibility index (Phi) is 4.85. The van der Waals surface area contributed by atoms with Crippen molar-refractivity contribution >= 4 is 0 Å². The van der Waals surface area contributed by atoms with Gasteiger partial charge in [-0.3, -0.25) is 0 Å². The van der Waals surface area contributed by atoms with Crippen molar-refractivity contribution in [2.75, 3.05) is 26.9 Å². The van der Waals surface area contributed by atoms with E-state index in [1.54, 1.807) is 7.11 Å². The van der Waals surface area contributed by atoms with E-state index < -0.39 is 0 Å². The van der Waals surface area contributed by atoms with Gasteiger partial charge in [-0.1, -0.05) is 6.92 Å². The van der Waals surface area contributed by atoms with Crippen LogP contribution in [0.1, 0.15) is 19.8 Å². The number of hydrogen-bond acceptors (Lipinski definition) is 3. The van der Waals surface area contributed by atoms with Crippen LogP contribution in [0.5, 0.6) is 0 Å². The van der Waals surface area contributed by atoms with E-state index in [0.29, 0.717) is 23.7 Å². The van der Waals surface area contributed by atoms with Crippen LogP contribution in [0.4, 0.5) is 0 Å². The van der Waals surface area contributed by atoms with Gasteiger partial charge in [0.05, 0.1) is 0 Å². The molecule has 0 saturated heterocycles. The number of nitrogens with two attached hydrogens (primary N) is 1. The standard InChI is InChI=1S/C11H23NO2/c1-8(5-12)10-4-3-9(7-14-2)11(10)6-13/h8-11,13H,3-7,12H2,1-2H3/t8-,9+,10-,11+/m0/s1. The second kappa shape index (κ2) is 5.69. The molecule has 0 aromatic rings. The summed E-state index contributed by atoms with van der Waals surface area (Å²) in [6, 6.07) is 0. The Morgan fingerprint density at radius 1 is 1.50 bits per heavy atom. The van der Waals surface area contributed by atoms with Crippen LogP contribution in [0.25, 0.3) is 0 Å². The fourth-order valence-corrected chi connectivity index (χ4v) is 2.77. The quantitative estimate of drug-likeness (QED) is 0.693. The van der Waals surface area contributed by atoms with Gasteiger partial charge in [0.15, 0.2) is 0 Å². The molecular formula is C11H23NO2. The highest BCUT2D eigenvalue weighted by Crippen LogP contribution is 2.40. The predicted molar refractivity (Wildman–Crippen MR) is 56.9 cm³/mol. The highest BCUT2D eigenvalue weighted by Gasteiger charge is 2.37. The SMILES string of the molecule is COC[C@H]1CC[C@@H]([C@@H](C)CN)[C@@H]1CO. The summed E-state index contributed by atoms with van der Waals surface area (Å²) < 4.78 is 5.18. The molecule has 1 aliphatic carbocycles. The molecule has 0 aromatic heterocycles. The topological polar surface area (TPSA) is 55.5 Å². The molecule has 1 fully saturated rings. The molecule has 3 nitrogen and oxygen atoms in total. The highest BCUT2D eigenvalue weighted by atomic mass is 16.5. The molecule has 0 spiro atoms. The van der Waals surface area contributed by atoms with E-state index in [4.69, 9.17) is 10.5 Å². The van der Waals surface area contributed by atoms with E-state index >= 15 is 0 Å². The largest absolute Gasteiger partial charge is 0.396 e. The van der Waals surface area contributed by atoms with Gasteiger partial charge in [0.2, 0.25) is 0 Å². The number of ether oxygens (including phenoxy) is 1. The predicted octanol–water partition coefficient (Wildman–Crippen LogP) is 0.862. The molecule has 0 heterocycles. The van der Waals surface area contributed by atoms with Crippen LogP contribution in [-0.2, 0) is 4.74 Å². The fourth-order valence-electron chi connectivity index (χ4n) is 2.77. The first-order valence-corrected chi connectivity index (χ1v) is 5.54. The Hall–Kier alpha value is -0.120. The zero-order chi connectivity index (χ0) is 10.6. The molecule has 0 unspecified atom stereocenters. The minimum atomic E-state index is 0.281. The smallest absolute Gasteiger partial charge is 0.0494 e. The maximum atomic E-state index is 9.38. The van der Waals surface area contributed by atoms with Crippen LogP contribution in [0.3, 0.4) is 0 Å². The van der Waals surface area contributed by atoms with Crippen molar-refractivity contribution in [2.45, 2.75) is 19.8 Å². The zero-order valence-electron chi connectivity index (χ0n) is 9.28. The van der Waals surface area contributed by atoms with Crippen molar-refractivity contribution in [1.29, 1.82) is 0 Å². The summed E-state index contributed by atoms with van der Waals surface area (Å²) in [6.07, 6.45) is 2.37. The van der Waals surface area contributed by atoms with Gasteiger partial charge in [-0.25, -0.2) is 0 Å². The normalized spacial score (nSPS) is 34.7. The van der Waals surface area contributed by atoms with Crippen molar-refractivity contribution < 1.29 is 9.84 Å². The Balaban J connectivity index is 2.54. The van der Waals surface area contributed by atoms with Gasteiger partial charge in [-0.15, -0.1) is 0 Å². The Bertz CT molecular complexity index is 163. The van der Waals surface area contributed by atoms with Crippen molar-refractivity contribution in [1.82, 2.24) is 0 Å². The monoisotopic (exact) mass is 201 g/mol. The first kappa shape index (κ1) is 12.0. The molecule has 3 heteroatoms. The summed E-state index contributed by atoms with van der Waals surface area (Å²) >= 11 is 0. The lowest BCUT2D eigenvalue weighted by Gasteiger charge is -2.26. The number of hydrogen-bond donors (Lipinski definition) is 2. The number of aliphatic hydroxyl groups is 1. The molecule has 84 valence electrons. The Labute approximate surface area is 86.6 Å². The van der Waals surface area contributed by atoms with E-state index in [1.165, 1.54) is 12.8 Å². The zero-order valence-corrected chi connectivity index (χ0v) is 9.28. The van der Waals surface area contributed by atoms with E-state index in [0.717, 1.165) is 13.2 Å². The lowest BCUT2D eigenvalue weighted by molar-refractivity contribution is 0.0805. The molecule has 0 aromatic carbocycles. The molecule has 0 radical (unpaired) electrons. The molecular weight excluding hydrogens is 178 g/mol. The van der Waals surface area contributed by atoms with Crippen LogP contribution in [0.15, 0.2) is 0 Å². The summed E-state index contributed by atoms with van der Waals surface area (Å²) in [7, 11) is 1.73. The second-order valence-electron chi connectivity index (χ2n) is 4.52. The van der Waals surface area contributed by atoms with Crippen LogP contribution >= 0.6 is 0 Å². The molecule has 3 N–H and O–H groups in total. The van der Waals surface area contributed by atoms with Crippen molar-refractivity contribution in [3.05, 3.63) is 0 Å². The van der Waals surface area contributed by atoms with Crippen molar-refractivity contribution in [3.63, 3.8) is 0 Å². The maximum absolute atomic E-state index is 9.38. The van der Waals surface area contributed by atoms with Gasteiger partial charge in [0.25, 0.3) is 0 Å². The molecule has 4 atom stereocenters. The summed E-state index contributed by atoms with van der Waals surface area (Å²) in [5, 5.41) is 9.38. The molecule has 1 rings (SSSR count). The van der Waals surface area contributed by atoms with Crippen LogP contribution in [0.2, 0.25) is 0 Å². The van der Waals surface area contributed by atoms with Gasteiger partial charge in [-0.2, -0.15) is 0 Å². The van der Waals surface area contributed by atoms with Gasteiger partial charge in [-0.05, 0) is 43.1 Å². The Morgan fingerprint density at radius 3 is 2.71 bits per heavy atom. The molecule has 0 amide bonds. The maximum Gasteiger partial charge on any atom is 0.0494 e. The minimum absolute atomic E-state index is 0.281. The number of methoxy groups -OCH3 is 1. The van der Waals surface area contributed by atoms with E-state index in [1.807, 2.05) is 0 Å². The van der Waals surface area contributed by atoms with Crippen LogP contribution in [-0.4, -0.2) is 32.0 Å². The first-order valence-electron chi connectivity index (χ1n) is 5.54. The third kappa shape index (κ3) is 2.47. The third-order valence-electron chi connectivity index (χ3n) is 3.72. The van der Waals surface area contributed by atoms with Gasteiger partial charge in [0, 0.05) is 20.3 Å². The van der Waals surface area contributed by atoms with Crippen molar-refractivity contribution in [2.24, 2.45) is 29.4 Å². The molecule has 0 bridgehead atoms. The summed E-state index contributed by atoms with van der Waals surface area (Å²) in [4.78, 5) is 0. The molecule has 1 saturated carbocycles. The number of aliphatic hydroxyl groups excluding tert-OH is 1. The first-order chi connectivity index (χ1) is 6.74. The summed E-state index contributed by atoms with van der Waals surface area (Å²) in [5.74, 6) is 2.04. The fraction of sp³-hybridized carbons (Fsp3) is 1.00. The minimum Gasteiger partial charge on any atom is -0.396 e. The van der Waals surface area contributed by atoms with Gasteiger partial charge in [0.1, 0.15) is 0 Å². The average molecular weight is 201 g/mol. The second-order valence-corrected chi connectivity index (χ2v) is 4.52. The summed E-state index contributed by atoms with van der Waals surface area (Å²) in [6.45, 7) is 3.96. The number of rotatable bonds is 5. The average Bonchev–Trinajstić information content (AvgIpc) is 2.60. The van der Waals surface area contributed by atoms with Gasteiger partial charge >= 0.3 is 0 Å². The third-order valence-corrected chi connectivity index (χ3v) is 3.72. The highest BCUT2D eigenvalue weighted by molar-refractivity contribution is 4.87. The van der Waals surface area contributed by atoms with E-state index in [9.17, 15) is 5.11 Å². The van der Waals surface area contributed by atoms with E-state index in [-0.39, 0.29) is 6.61 Å². The lowest BCUT2D eigenvalue weighted by atomic mass is 9.82. The molecule has 14 heavy (non-hydrogen) atoms. The summed E-state index contributed by atoms with van der Waals surface area (Å²) in [5.41, 5.74) is 5.68. The Morgan fingerprint density at radius 2 is 2.21 bits per heavy atom. The van der Waals surface area contributed by atoms with E-state index in [2.05, 4.69) is 6.92 Å².